The molecule has 1 aromatic rings. The zero-order valence-electron chi connectivity index (χ0n) is 16.3. The number of nitrogens with one attached hydrogen (secondary N) is 1. The van der Waals surface area contributed by atoms with Gasteiger partial charge in [0, 0.05) is 37.1 Å². The highest BCUT2D eigenvalue weighted by Crippen LogP contribution is 2.29. The minimum Gasteiger partial charge on any atom is -0.397 e. The number of hydrogen-bond donors (Lipinski definition) is 3. The first kappa shape index (κ1) is 19.0. The van der Waals surface area contributed by atoms with E-state index in [1.165, 1.54) is 12.1 Å². The van der Waals surface area contributed by atoms with E-state index in [4.69, 9.17) is 16.3 Å². The van der Waals surface area contributed by atoms with Gasteiger partial charge in [-0.25, -0.2) is 5.84 Å². The van der Waals surface area contributed by atoms with E-state index >= 15 is 0 Å². The Bertz CT molecular complexity index is 648. The molecule has 2 heterocycles. The summed E-state index contributed by atoms with van der Waals surface area (Å²) in [6, 6.07) is 6.44. The van der Waals surface area contributed by atoms with Crippen molar-refractivity contribution >= 4 is 11.4 Å². The summed E-state index contributed by atoms with van der Waals surface area (Å²) in [6.45, 7) is 7.89. The first-order chi connectivity index (χ1) is 12.4. The number of anilines is 1. The lowest BCUT2D eigenvalue weighted by Gasteiger charge is -2.49. The summed E-state index contributed by atoms with van der Waals surface area (Å²) in [6.07, 6.45) is 5.45. The van der Waals surface area contributed by atoms with Crippen LogP contribution >= 0.6 is 0 Å². The van der Waals surface area contributed by atoms with Crippen LogP contribution in [0.4, 0.5) is 5.69 Å². The van der Waals surface area contributed by atoms with Crippen molar-refractivity contribution in [3.63, 3.8) is 0 Å². The average molecular weight is 360 g/mol. The summed E-state index contributed by atoms with van der Waals surface area (Å²) < 4.78 is 5.74. The molecule has 26 heavy (non-hydrogen) atoms. The molecule has 1 unspecified atom stereocenters. The molecule has 0 aliphatic carbocycles. The van der Waals surface area contributed by atoms with Gasteiger partial charge in [-0.1, -0.05) is 6.07 Å². The van der Waals surface area contributed by atoms with Gasteiger partial charge in [-0.2, -0.15) is 0 Å². The molecule has 6 nitrogen and oxygen atoms in total. The van der Waals surface area contributed by atoms with Crippen LogP contribution in [0, 0.1) is 6.92 Å². The lowest BCUT2D eigenvalue weighted by molar-refractivity contribution is 0.00166. The van der Waals surface area contributed by atoms with Crippen LogP contribution in [0.5, 0.6) is 0 Å². The van der Waals surface area contributed by atoms with Crippen LogP contribution in [0.25, 0.3) is 5.70 Å². The second-order valence-corrected chi connectivity index (χ2v) is 7.94. The van der Waals surface area contributed by atoms with Crippen LogP contribution in [-0.2, 0) is 4.74 Å². The van der Waals surface area contributed by atoms with Crippen molar-refractivity contribution in [2.45, 2.75) is 44.8 Å². The van der Waals surface area contributed by atoms with E-state index in [0.29, 0.717) is 12.2 Å². The maximum absolute atomic E-state index is 6.31. The minimum atomic E-state index is 0.203. The zero-order valence-corrected chi connectivity index (χ0v) is 16.3. The highest BCUT2D eigenvalue weighted by molar-refractivity contribution is 5.68. The van der Waals surface area contributed by atoms with E-state index in [9.17, 15) is 0 Å². The highest BCUT2D eigenvalue weighted by Gasteiger charge is 2.37. The Labute approximate surface area is 157 Å². The number of benzene rings is 1. The van der Waals surface area contributed by atoms with Gasteiger partial charge in [-0.15, -0.1) is 0 Å². The van der Waals surface area contributed by atoms with Crippen LogP contribution in [0.2, 0.25) is 0 Å². The third kappa shape index (κ3) is 4.31. The Kier molecular flexibility index (Phi) is 5.75. The Morgan fingerprint density at radius 3 is 2.81 bits per heavy atom. The third-order valence-electron chi connectivity index (χ3n) is 5.56. The summed E-state index contributed by atoms with van der Waals surface area (Å²) in [5.74, 6) is 6.13. The zero-order chi connectivity index (χ0) is 18.7. The Hall–Kier alpha value is -1.76. The molecule has 1 aromatic carbocycles. The molecule has 0 amide bonds. The molecule has 0 spiro atoms. The normalized spacial score (nSPS) is 22.8. The quantitative estimate of drug-likeness (QED) is 0.531. The molecule has 1 atom stereocenters. The second-order valence-electron chi connectivity index (χ2n) is 7.94. The van der Waals surface area contributed by atoms with Gasteiger partial charge in [-0.3, -0.25) is 0 Å². The van der Waals surface area contributed by atoms with E-state index in [1.807, 2.05) is 13.2 Å². The number of rotatable bonds is 6. The summed E-state index contributed by atoms with van der Waals surface area (Å²) in [4.78, 5) is 2.38. The number of nitrogens with zero attached hydrogens (tertiary/aromatic N) is 2. The van der Waals surface area contributed by atoms with E-state index in [1.54, 1.807) is 5.01 Å². The fourth-order valence-electron chi connectivity index (χ4n) is 3.79. The molecule has 2 saturated heterocycles. The molecule has 0 bridgehead atoms. The Morgan fingerprint density at radius 1 is 1.42 bits per heavy atom. The molecule has 144 valence electrons. The molecule has 0 aromatic heterocycles. The molecule has 5 N–H and O–H groups in total. The van der Waals surface area contributed by atoms with Gasteiger partial charge in [-0.05, 0) is 57.9 Å². The number of hydrogen-bond acceptors (Lipinski definition) is 6. The molecule has 0 radical (unpaired) electrons. The van der Waals surface area contributed by atoms with E-state index in [-0.39, 0.29) is 11.6 Å². The van der Waals surface area contributed by atoms with E-state index < -0.39 is 0 Å². The predicted octanol–water partition coefficient (Wildman–Crippen LogP) is 1.80. The van der Waals surface area contributed by atoms with Gasteiger partial charge < -0.3 is 25.7 Å². The fraction of sp³-hybridized carbons (Fsp3) is 0.600. The van der Waals surface area contributed by atoms with Gasteiger partial charge in [0.15, 0.2) is 0 Å². The highest BCUT2D eigenvalue weighted by atomic mass is 16.5. The van der Waals surface area contributed by atoms with Crippen molar-refractivity contribution in [1.29, 1.82) is 0 Å². The van der Waals surface area contributed by atoms with Crippen molar-refractivity contribution in [3.8, 4) is 0 Å². The first-order valence-electron chi connectivity index (χ1n) is 9.55. The maximum atomic E-state index is 6.31. The molecule has 0 saturated carbocycles. The van der Waals surface area contributed by atoms with Crippen molar-refractivity contribution in [3.05, 3.63) is 35.5 Å². The third-order valence-corrected chi connectivity index (χ3v) is 5.56. The lowest BCUT2D eigenvalue weighted by Crippen LogP contribution is -2.66. The minimum absolute atomic E-state index is 0.203. The van der Waals surface area contributed by atoms with E-state index in [2.05, 4.69) is 42.3 Å². The van der Waals surface area contributed by atoms with Gasteiger partial charge in [0.2, 0.25) is 0 Å². The van der Waals surface area contributed by atoms with Crippen molar-refractivity contribution in [2.24, 2.45) is 11.6 Å². The molecule has 3 rings (SSSR count). The molecule has 6 heteroatoms. The van der Waals surface area contributed by atoms with Gasteiger partial charge >= 0.3 is 0 Å². The van der Waals surface area contributed by atoms with E-state index in [0.717, 1.165) is 43.7 Å². The smallest absolute Gasteiger partial charge is 0.0765 e. The van der Waals surface area contributed by atoms with Gasteiger partial charge in [0.1, 0.15) is 0 Å². The maximum Gasteiger partial charge on any atom is 0.0765 e. The van der Waals surface area contributed by atoms with Crippen LogP contribution in [-0.4, -0.2) is 49.9 Å². The Balaban J connectivity index is 1.62. The van der Waals surface area contributed by atoms with Gasteiger partial charge in [0.05, 0.1) is 23.9 Å². The van der Waals surface area contributed by atoms with Crippen LogP contribution in [0.15, 0.2) is 24.4 Å². The molecular formula is C20H33N5O. The Morgan fingerprint density at radius 2 is 2.19 bits per heavy atom. The number of hydrazine groups is 1. The number of likely N-dealkylation sites (N-methyl/N-ethyl adjacent to an activating group) is 1. The second kappa shape index (κ2) is 7.86. The number of nitrogens with two attached hydrogens (primary N) is 2. The topological polar surface area (TPSA) is 79.8 Å². The molecule has 2 fully saturated rings. The summed E-state index contributed by atoms with van der Waals surface area (Å²) in [7, 11) is 2.02. The number of aryl methyl sites for hydroxylation is 1. The van der Waals surface area contributed by atoms with Crippen LogP contribution in [0.1, 0.15) is 37.3 Å². The van der Waals surface area contributed by atoms with Crippen molar-refractivity contribution < 1.29 is 4.74 Å². The van der Waals surface area contributed by atoms with Crippen molar-refractivity contribution in [1.82, 2.24) is 10.3 Å². The predicted molar refractivity (Wildman–Crippen MR) is 108 cm³/mol. The molecule has 2 aliphatic heterocycles. The molecule has 2 aliphatic rings. The summed E-state index contributed by atoms with van der Waals surface area (Å²) >= 11 is 0. The standard InChI is InChI=1S/C20H33N5O/c1-15-10-16(24-13-20(2,14-24)23-3)7-8-18(15)19(21)12-25(22)11-17-6-4-5-9-26-17/h7-8,10,12,17,23H,4-6,9,11,13-14,21-22H2,1-3H3/b19-12-. The first-order valence-corrected chi connectivity index (χ1v) is 9.55. The largest absolute Gasteiger partial charge is 0.397 e. The van der Waals surface area contributed by atoms with Crippen LogP contribution in [0.3, 0.4) is 0 Å². The summed E-state index contributed by atoms with van der Waals surface area (Å²) in [5, 5.41) is 5.04. The molecular weight excluding hydrogens is 326 g/mol. The SMILES string of the molecule is CNC1(C)CN(c2ccc(/C(N)=C/N(N)CC3CCCCO3)c(C)c2)C1. The fourth-order valence-corrected chi connectivity index (χ4v) is 3.79. The van der Waals surface area contributed by atoms with Crippen molar-refractivity contribution in [2.75, 3.05) is 38.2 Å². The lowest BCUT2D eigenvalue weighted by atomic mass is 9.91. The van der Waals surface area contributed by atoms with Crippen LogP contribution < -0.4 is 21.8 Å². The van der Waals surface area contributed by atoms with Gasteiger partial charge in [0.25, 0.3) is 0 Å². The average Bonchev–Trinajstić information content (AvgIpc) is 2.59. The number of ether oxygens (including phenoxy) is 1. The monoisotopic (exact) mass is 359 g/mol. The summed E-state index contributed by atoms with van der Waals surface area (Å²) in [5.41, 5.74) is 10.7.